The van der Waals surface area contributed by atoms with Gasteiger partial charge in [0.1, 0.15) is 0 Å². The molecule has 0 bridgehead atoms. The molecule has 0 saturated carbocycles. The molecule has 0 radical (unpaired) electrons. The maximum atomic E-state index is 12.9. The molecule has 1 aliphatic heterocycles. The predicted octanol–water partition coefficient (Wildman–Crippen LogP) is 2.92. The fourth-order valence-corrected chi connectivity index (χ4v) is 3.15. The zero-order valence-electron chi connectivity index (χ0n) is 12.6. The molecular weight excluding hydrogens is 280 g/mol. The van der Waals surface area contributed by atoms with Gasteiger partial charge in [0.15, 0.2) is 0 Å². The van der Waals surface area contributed by atoms with E-state index < -0.39 is 0 Å². The number of hydrogen-bond acceptors (Lipinski definition) is 2. The van der Waals surface area contributed by atoms with Gasteiger partial charge in [-0.3, -0.25) is 4.79 Å². The van der Waals surface area contributed by atoms with Gasteiger partial charge in [0.25, 0.3) is 0 Å². The molecular formula is C17H24N2OS. The van der Waals surface area contributed by atoms with Crippen molar-refractivity contribution in [1.82, 2.24) is 4.90 Å². The monoisotopic (exact) mass is 304 g/mol. The van der Waals surface area contributed by atoms with Crippen LogP contribution in [0.25, 0.3) is 0 Å². The standard InChI is InChI=1S/C17H24N2OS/c1-13-8-4-3-7-11-19(13)17(20)15(16(18)21)12-14-9-5-2-6-10-14/h2,5-6,9-10,13,15H,3-4,7-8,11-12H2,1H3,(H2,18,21). The number of hydrogen-bond donors (Lipinski definition) is 1. The van der Waals surface area contributed by atoms with Crippen LogP contribution in [0.4, 0.5) is 0 Å². The highest BCUT2D eigenvalue weighted by atomic mass is 32.1. The first kappa shape index (κ1) is 16.0. The molecule has 2 atom stereocenters. The fourth-order valence-electron chi connectivity index (χ4n) is 2.96. The molecule has 2 unspecified atom stereocenters. The Bertz CT molecular complexity index is 489. The first-order chi connectivity index (χ1) is 10.1. The van der Waals surface area contributed by atoms with Crippen molar-refractivity contribution >= 4 is 23.1 Å². The molecule has 1 aliphatic rings. The van der Waals surface area contributed by atoms with Gasteiger partial charge in [-0.05, 0) is 31.7 Å². The molecule has 2 rings (SSSR count). The Morgan fingerprint density at radius 1 is 1.33 bits per heavy atom. The third kappa shape index (κ3) is 4.27. The number of likely N-dealkylation sites (tertiary alicyclic amines) is 1. The molecule has 0 aromatic heterocycles. The van der Waals surface area contributed by atoms with Gasteiger partial charge in [-0.1, -0.05) is 55.4 Å². The summed E-state index contributed by atoms with van der Waals surface area (Å²) in [5.74, 6) is -0.288. The summed E-state index contributed by atoms with van der Waals surface area (Å²) in [4.78, 5) is 15.2. The van der Waals surface area contributed by atoms with E-state index in [-0.39, 0.29) is 17.9 Å². The zero-order chi connectivity index (χ0) is 15.2. The summed E-state index contributed by atoms with van der Waals surface area (Å²) in [6.07, 6.45) is 5.14. The summed E-state index contributed by atoms with van der Waals surface area (Å²) in [6, 6.07) is 10.2. The summed E-state index contributed by atoms with van der Waals surface area (Å²) in [7, 11) is 0. The van der Waals surface area contributed by atoms with Crippen LogP contribution in [0.5, 0.6) is 0 Å². The predicted molar refractivity (Wildman–Crippen MR) is 90.1 cm³/mol. The van der Waals surface area contributed by atoms with Crippen LogP contribution in [-0.4, -0.2) is 28.4 Å². The van der Waals surface area contributed by atoms with Crippen molar-refractivity contribution in [2.24, 2.45) is 11.7 Å². The van der Waals surface area contributed by atoms with Gasteiger partial charge in [-0.15, -0.1) is 0 Å². The lowest BCUT2D eigenvalue weighted by Gasteiger charge is -2.30. The van der Waals surface area contributed by atoms with Crippen LogP contribution in [0.3, 0.4) is 0 Å². The van der Waals surface area contributed by atoms with Crippen LogP contribution < -0.4 is 5.73 Å². The Morgan fingerprint density at radius 2 is 2.05 bits per heavy atom. The highest BCUT2D eigenvalue weighted by Crippen LogP contribution is 2.20. The van der Waals surface area contributed by atoms with E-state index in [0.717, 1.165) is 24.9 Å². The van der Waals surface area contributed by atoms with E-state index in [0.29, 0.717) is 11.4 Å². The average Bonchev–Trinajstić information content (AvgIpc) is 2.69. The van der Waals surface area contributed by atoms with E-state index >= 15 is 0 Å². The van der Waals surface area contributed by atoms with Crippen LogP contribution in [0, 0.1) is 5.92 Å². The largest absolute Gasteiger partial charge is 0.393 e. The van der Waals surface area contributed by atoms with Crippen molar-refractivity contribution in [3.05, 3.63) is 35.9 Å². The minimum Gasteiger partial charge on any atom is -0.393 e. The van der Waals surface area contributed by atoms with E-state index in [9.17, 15) is 4.79 Å². The van der Waals surface area contributed by atoms with E-state index in [2.05, 4.69) is 6.92 Å². The summed E-state index contributed by atoms with van der Waals surface area (Å²) >= 11 is 5.16. The minimum absolute atomic E-state index is 0.0979. The average molecular weight is 304 g/mol. The van der Waals surface area contributed by atoms with Crippen molar-refractivity contribution in [3.63, 3.8) is 0 Å². The molecule has 1 saturated heterocycles. The number of thiocarbonyl (C=S) groups is 1. The molecule has 1 aromatic rings. The lowest BCUT2D eigenvalue weighted by molar-refractivity contribution is -0.135. The quantitative estimate of drug-likeness (QED) is 0.870. The summed E-state index contributed by atoms with van der Waals surface area (Å²) in [5.41, 5.74) is 6.96. The molecule has 1 aromatic carbocycles. The number of benzene rings is 1. The molecule has 114 valence electrons. The van der Waals surface area contributed by atoms with Crippen LogP contribution in [0.2, 0.25) is 0 Å². The van der Waals surface area contributed by atoms with Crippen LogP contribution in [-0.2, 0) is 11.2 Å². The zero-order valence-corrected chi connectivity index (χ0v) is 13.4. The third-order valence-electron chi connectivity index (χ3n) is 4.26. The smallest absolute Gasteiger partial charge is 0.233 e. The van der Waals surface area contributed by atoms with Crippen molar-refractivity contribution in [3.8, 4) is 0 Å². The van der Waals surface area contributed by atoms with Gasteiger partial charge in [-0.2, -0.15) is 0 Å². The van der Waals surface area contributed by atoms with E-state index in [1.165, 1.54) is 12.8 Å². The Labute approximate surface area is 132 Å². The number of nitrogens with two attached hydrogens (primary N) is 1. The summed E-state index contributed by atoms with van der Waals surface area (Å²) in [5, 5.41) is 0. The van der Waals surface area contributed by atoms with Gasteiger partial charge >= 0.3 is 0 Å². The van der Waals surface area contributed by atoms with E-state index in [4.69, 9.17) is 18.0 Å². The first-order valence-corrected chi connectivity index (χ1v) is 8.14. The molecule has 4 heteroatoms. The van der Waals surface area contributed by atoms with Crippen molar-refractivity contribution < 1.29 is 4.79 Å². The van der Waals surface area contributed by atoms with Crippen molar-refractivity contribution in [2.75, 3.05) is 6.54 Å². The van der Waals surface area contributed by atoms with E-state index in [1.807, 2.05) is 35.2 Å². The number of amides is 1. The van der Waals surface area contributed by atoms with Gasteiger partial charge in [0.05, 0.1) is 10.9 Å². The third-order valence-corrected chi connectivity index (χ3v) is 4.54. The molecule has 3 nitrogen and oxygen atoms in total. The number of rotatable bonds is 4. The summed E-state index contributed by atoms with van der Waals surface area (Å²) < 4.78 is 0. The molecule has 0 aliphatic carbocycles. The van der Waals surface area contributed by atoms with Crippen molar-refractivity contribution in [2.45, 2.75) is 45.1 Å². The Morgan fingerprint density at radius 3 is 2.71 bits per heavy atom. The van der Waals surface area contributed by atoms with Gasteiger partial charge in [-0.25, -0.2) is 0 Å². The second-order valence-electron chi connectivity index (χ2n) is 5.87. The molecule has 1 heterocycles. The SMILES string of the molecule is CC1CCCCCN1C(=O)C(Cc1ccccc1)C(N)=S. The number of carbonyl (C=O) groups excluding carboxylic acids is 1. The fraction of sp³-hybridized carbons (Fsp3) is 0.529. The molecule has 1 fully saturated rings. The van der Waals surface area contributed by atoms with Crippen LogP contribution >= 0.6 is 12.2 Å². The highest BCUT2D eigenvalue weighted by molar-refractivity contribution is 7.80. The van der Waals surface area contributed by atoms with Gasteiger partial charge in [0, 0.05) is 12.6 Å². The second kappa shape index (κ2) is 7.55. The second-order valence-corrected chi connectivity index (χ2v) is 6.35. The molecule has 0 spiro atoms. The summed E-state index contributed by atoms with van der Waals surface area (Å²) in [6.45, 7) is 2.95. The maximum absolute atomic E-state index is 12.9. The highest BCUT2D eigenvalue weighted by Gasteiger charge is 2.30. The van der Waals surface area contributed by atoms with Crippen LogP contribution in [0.15, 0.2) is 30.3 Å². The lowest BCUT2D eigenvalue weighted by Crippen LogP contribution is -2.46. The number of carbonyl (C=O) groups is 1. The Kier molecular flexibility index (Phi) is 5.74. The Hall–Kier alpha value is -1.42. The Balaban J connectivity index is 2.13. The first-order valence-electron chi connectivity index (χ1n) is 7.73. The van der Waals surface area contributed by atoms with E-state index in [1.54, 1.807) is 0 Å². The maximum Gasteiger partial charge on any atom is 0.233 e. The molecule has 1 amide bonds. The van der Waals surface area contributed by atoms with Gasteiger partial charge < -0.3 is 10.6 Å². The minimum atomic E-state index is -0.386. The topological polar surface area (TPSA) is 46.3 Å². The molecule has 21 heavy (non-hydrogen) atoms. The number of nitrogens with zero attached hydrogens (tertiary/aromatic N) is 1. The lowest BCUT2D eigenvalue weighted by atomic mass is 9.97. The van der Waals surface area contributed by atoms with Crippen molar-refractivity contribution in [1.29, 1.82) is 0 Å². The normalized spacial score (nSPS) is 20.6. The van der Waals surface area contributed by atoms with Gasteiger partial charge in [0.2, 0.25) is 5.91 Å². The van der Waals surface area contributed by atoms with Crippen LogP contribution in [0.1, 0.15) is 38.2 Å². The molecule has 2 N–H and O–H groups in total.